The Labute approximate surface area is 163 Å². The van der Waals surface area contributed by atoms with Crippen molar-refractivity contribution in [3.63, 3.8) is 0 Å². The monoisotopic (exact) mass is 403 g/mol. The average molecular weight is 403 g/mol. The zero-order valence-corrected chi connectivity index (χ0v) is 16.8. The lowest BCUT2D eigenvalue weighted by molar-refractivity contribution is -0.116. The molecule has 1 aromatic heterocycles. The Balaban J connectivity index is 1.77. The topological polar surface area (TPSA) is 118 Å². The van der Waals surface area contributed by atoms with Crippen molar-refractivity contribution in [2.24, 2.45) is 4.40 Å². The highest BCUT2D eigenvalue weighted by Gasteiger charge is 2.29. The van der Waals surface area contributed by atoms with Crippen molar-refractivity contribution in [2.75, 3.05) is 11.9 Å². The molecule has 1 aliphatic rings. The highest BCUT2D eigenvalue weighted by Crippen LogP contribution is 2.23. The van der Waals surface area contributed by atoms with Crippen LogP contribution < -0.4 is 5.32 Å². The summed E-state index contributed by atoms with van der Waals surface area (Å²) in [5.41, 5.74) is 2.29. The quantitative estimate of drug-likeness (QED) is 0.819. The lowest BCUT2D eigenvalue weighted by Crippen LogP contribution is -2.36. The molecular formula is C18H21N5O4S. The Hall–Kier alpha value is -3.01. The van der Waals surface area contributed by atoms with E-state index in [4.69, 9.17) is 4.52 Å². The van der Waals surface area contributed by atoms with Crippen LogP contribution in [0.5, 0.6) is 0 Å². The van der Waals surface area contributed by atoms with E-state index < -0.39 is 22.7 Å². The van der Waals surface area contributed by atoms with Gasteiger partial charge in [-0.3, -0.25) is 4.79 Å². The maximum absolute atomic E-state index is 12.4. The van der Waals surface area contributed by atoms with Crippen LogP contribution in [0.2, 0.25) is 0 Å². The van der Waals surface area contributed by atoms with Gasteiger partial charge in [0.05, 0.1) is 11.3 Å². The molecule has 1 amide bonds. The molecule has 2 aromatic rings. The number of amides is 1. The van der Waals surface area contributed by atoms with Crippen LogP contribution in [0.4, 0.5) is 5.69 Å². The van der Waals surface area contributed by atoms with Crippen LogP contribution in [0.3, 0.4) is 0 Å². The van der Waals surface area contributed by atoms with Gasteiger partial charge in [0.15, 0.2) is 5.82 Å². The molecule has 0 fully saturated rings. The molecule has 0 radical (unpaired) electrons. The first-order chi connectivity index (χ1) is 13.2. The maximum atomic E-state index is 12.4. The Morgan fingerprint density at radius 1 is 1.21 bits per heavy atom. The molecule has 0 aliphatic carbocycles. The third-order valence-electron chi connectivity index (χ3n) is 4.13. The van der Waals surface area contributed by atoms with Crippen molar-refractivity contribution in [3.8, 4) is 0 Å². The molecule has 1 aromatic carbocycles. The van der Waals surface area contributed by atoms with Crippen LogP contribution in [0, 0.1) is 6.92 Å². The minimum absolute atomic E-state index is 0.142. The van der Waals surface area contributed by atoms with Gasteiger partial charge < -0.3 is 9.84 Å². The summed E-state index contributed by atoms with van der Waals surface area (Å²) in [7, 11) is -4.02. The van der Waals surface area contributed by atoms with Crippen LogP contribution in [0.25, 0.3) is 5.57 Å². The number of hydrogen-bond acceptors (Lipinski definition) is 6. The van der Waals surface area contributed by atoms with Gasteiger partial charge in [0, 0.05) is 11.9 Å². The summed E-state index contributed by atoms with van der Waals surface area (Å²) in [6.45, 7) is 6.89. The number of rotatable bonds is 5. The van der Waals surface area contributed by atoms with Gasteiger partial charge in [-0.25, -0.2) is 4.31 Å². The Kier molecular flexibility index (Phi) is 5.32. The number of allylic oxidation sites excluding steroid dienone is 1. The predicted octanol–water partition coefficient (Wildman–Crippen LogP) is 2.50. The molecule has 28 heavy (non-hydrogen) atoms. The second kappa shape index (κ2) is 7.55. The van der Waals surface area contributed by atoms with E-state index in [-0.39, 0.29) is 11.6 Å². The Morgan fingerprint density at radius 2 is 1.89 bits per heavy atom. The molecule has 3 rings (SSSR count). The standard InChI is InChI=1S/C18H21N5O4S/c1-11(2)14-5-7-15(8-6-14)20-17(24)10-23-9-16(12(3)22-28(23,25)26)18-19-13(4)21-27-18/h5-9,11H,10H2,1-4H3,(H,20,24). The van der Waals surface area contributed by atoms with Gasteiger partial charge in [-0.2, -0.15) is 13.4 Å². The molecule has 0 unspecified atom stereocenters. The third kappa shape index (κ3) is 4.28. The zero-order chi connectivity index (χ0) is 20.5. The van der Waals surface area contributed by atoms with Crippen molar-refractivity contribution >= 4 is 33.1 Å². The van der Waals surface area contributed by atoms with Gasteiger partial charge in [-0.1, -0.05) is 31.1 Å². The van der Waals surface area contributed by atoms with Crippen LogP contribution in [-0.4, -0.2) is 41.0 Å². The predicted molar refractivity (Wildman–Crippen MR) is 105 cm³/mol. The Morgan fingerprint density at radius 3 is 2.46 bits per heavy atom. The van der Waals surface area contributed by atoms with Gasteiger partial charge in [-0.05, 0) is 37.5 Å². The maximum Gasteiger partial charge on any atom is 0.344 e. The number of carbonyl (C=O) groups excluding carboxylic acids is 1. The number of benzene rings is 1. The van der Waals surface area contributed by atoms with Crippen LogP contribution in [-0.2, 0) is 15.0 Å². The highest BCUT2D eigenvalue weighted by molar-refractivity contribution is 7.88. The first-order valence-electron chi connectivity index (χ1n) is 8.67. The van der Waals surface area contributed by atoms with Crippen molar-refractivity contribution in [1.29, 1.82) is 0 Å². The normalized spacial score (nSPS) is 16.0. The molecule has 0 atom stereocenters. The van der Waals surface area contributed by atoms with Crippen LogP contribution >= 0.6 is 0 Å². The van der Waals surface area contributed by atoms with Crippen molar-refractivity contribution in [3.05, 3.63) is 47.7 Å². The number of nitrogens with zero attached hydrogens (tertiary/aromatic N) is 4. The fourth-order valence-corrected chi connectivity index (χ4v) is 3.68. The minimum atomic E-state index is -4.02. The number of hydrogen-bond donors (Lipinski definition) is 1. The van der Waals surface area contributed by atoms with Crippen molar-refractivity contribution < 1.29 is 17.7 Å². The summed E-state index contributed by atoms with van der Waals surface area (Å²) in [4.78, 5) is 16.5. The molecule has 0 saturated carbocycles. The van der Waals surface area contributed by atoms with Gasteiger partial charge in [0.25, 0.3) is 5.89 Å². The van der Waals surface area contributed by atoms with E-state index in [1.54, 1.807) is 19.1 Å². The first-order valence-corrected chi connectivity index (χ1v) is 10.1. The molecule has 0 bridgehead atoms. The Bertz CT molecular complexity index is 1050. The molecule has 2 heterocycles. The summed E-state index contributed by atoms with van der Waals surface area (Å²) in [6, 6.07) is 7.40. The minimum Gasteiger partial charge on any atom is -0.334 e. The third-order valence-corrected chi connectivity index (χ3v) is 5.46. The first kappa shape index (κ1) is 19.7. The number of carbonyl (C=O) groups is 1. The smallest absolute Gasteiger partial charge is 0.334 e. The number of aromatic nitrogens is 2. The molecule has 0 spiro atoms. The highest BCUT2D eigenvalue weighted by atomic mass is 32.2. The van der Waals surface area contributed by atoms with E-state index in [0.29, 0.717) is 23.0 Å². The van der Waals surface area contributed by atoms with Gasteiger partial charge in [-0.15, -0.1) is 4.40 Å². The van der Waals surface area contributed by atoms with Gasteiger partial charge in [0.1, 0.15) is 6.54 Å². The lowest BCUT2D eigenvalue weighted by Gasteiger charge is -2.22. The van der Waals surface area contributed by atoms with Crippen LogP contribution in [0.1, 0.15) is 44.0 Å². The van der Waals surface area contributed by atoms with Crippen LogP contribution in [0.15, 0.2) is 39.4 Å². The summed E-state index contributed by atoms with van der Waals surface area (Å²) < 4.78 is 34.3. The van der Waals surface area contributed by atoms with E-state index in [2.05, 4.69) is 33.7 Å². The molecule has 148 valence electrons. The van der Waals surface area contributed by atoms with E-state index in [0.717, 1.165) is 9.87 Å². The number of aryl methyl sites for hydroxylation is 1. The summed E-state index contributed by atoms with van der Waals surface area (Å²) >= 11 is 0. The van der Waals surface area contributed by atoms with E-state index in [1.165, 1.54) is 13.1 Å². The number of nitrogens with one attached hydrogen (secondary N) is 1. The summed E-state index contributed by atoms with van der Waals surface area (Å²) in [5, 5.41) is 6.38. The van der Waals surface area contributed by atoms with Crippen molar-refractivity contribution in [1.82, 2.24) is 14.4 Å². The van der Waals surface area contributed by atoms with Crippen molar-refractivity contribution in [2.45, 2.75) is 33.6 Å². The second-order valence-corrected chi connectivity index (χ2v) is 8.26. The summed E-state index contributed by atoms with van der Waals surface area (Å²) in [5.74, 6) is 0.434. The zero-order valence-electron chi connectivity index (χ0n) is 16.0. The van der Waals surface area contributed by atoms with E-state index in [1.807, 2.05) is 12.1 Å². The SMILES string of the molecule is CC1=NS(=O)(=O)N(CC(=O)Nc2ccc(C(C)C)cc2)C=C1c1nc(C)no1. The molecule has 0 saturated heterocycles. The van der Waals surface area contributed by atoms with E-state index >= 15 is 0 Å². The molecular weight excluding hydrogens is 382 g/mol. The molecule has 1 N–H and O–H groups in total. The fourth-order valence-electron chi connectivity index (χ4n) is 2.62. The lowest BCUT2D eigenvalue weighted by atomic mass is 10.0. The fraction of sp³-hybridized carbons (Fsp3) is 0.333. The molecule has 10 heteroatoms. The van der Waals surface area contributed by atoms with Gasteiger partial charge in [0.2, 0.25) is 5.91 Å². The largest absolute Gasteiger partial charge is 0.344 e. The second-order valence-electron chi connectivity index (χ2n) is 6.71. The molecule has 1 aliphatic heterocycles. The van der Waals surface area contributed by atoms with Gasteiger partial charge >= 0.3 is 10.2 Å². The average Bonchev–Trinajstić information content (AvgIpc) is 3.03. The van der Waals surface area contributed by atoms with E-state index in [9.17, 15) is 13.2 Å². The molecule has 9 nitrogen and oxygen atoms in total. The summed E-state index contributed by atoms with van der Waals surface area (Å²) in [6.07, 6.45) is 1.28. The number of anilines is 1.